The van der Waals surface area contributed by atoms with Gasteiger partial charge in [-0.1, -0.05) is 41.5 Å². The second-order valence-corrected chi connectivity index (χ2v) is 13.9. The van der Waals surface area contributed by atoms with E-state index in [9.17, 15) is 19.5 Å². The minimum atomic E-state index is -1.33. The zero-order chi connectivity index (χ0) is 32.6. The molecule has 1 N–H and O–H groups in total. The molecule has 43 heavy (non-hydrogen) atoms. The molecular formula is C32H55NO10. The molecule has 11 heteroatoms. The summed E-state index contributed by atoms with van der Waals surface area (Å²) in [6.45, 7) is 16.6. The Morgan fingerprint density at radius 3 is 2.16 bits per heavy atom. The molecule has 3 heterocycles. The number of nitrogens with zero attached hydrogens (tertiary/aromatic N) is 1. The molecule has 0 amide bonds. The van der Waals surface area contributed by atoms with Crippen LogP contribution in [0, 0.1) is 29.6 Å². The van der Waals surface area contributed by atoms with Gasteiger partial charge in [0.15, 0.2) is 18.0 Å². The zero-order valence-electron chi connectivity index (χ0n) is 28.1. The summed E-state index contributed by atoms with van der Waals surface area (Å²) < 4.78 is 36.3. The monoisotopic (exact) mass is 613 g/mol. The number of rotatable bonds is 5. The van der Waals surface area contributed by atoms with Gasteiger partial charge in [0.05, 0.1) is 29.6 Å². The number of carbonyl (C=O) groups is 3. The van der Waals surface area contributed by atoms with Crippen molar-refractivity contribution in [1.82, 2.24) is 4.90 Å². The first kappa shape index (κ1) is 35.7. The lowest BCUT2D eigenvalue weighted by Crippen LogP contribution is -2.59. The number of aliphatic hydroxyl groups is 1. The van der Waals surface area contributed by atoms with E-state index >= 15 is 0 Å². The number of carbonyl (C=O) groups excluding carboxylic acids is 3. The summed E-state index contributed by atoms with van der Waals surface area (Å²) in [5, 5.41) is 11.3. The van der Waals surface area contributed by atoms with Crippen LogP contribution in [0.1, 0.15) is 81.6 Å². The summed E-state index contributed by atoms with van der Waals surface area (Å²) >= 11 is 0. The first-order valence-electron chi connectivity index (χ1n) is 15.8. The number of Topliss-reactive ketones (excluding diaryl/α,β-unsaturated/α-hetero) is 1. The molecule has 14 atom stereocenters. The van der Waals surface area contributed by atoms with Crippen molar-refractivity contribution in [2.45, 2.75) is 136 Å². The molecular weight excluding hydrogens is 558 g/mol. The Bertz CT molecular complexity index is 1010. The summed E-state index contributed by atoms with van der Waals surface area (Å²) in [4.78, 5) is 42.0. The van der Waals surface area contributed by atoms with Crippen LogP contribution in [0.25, 0.3) is 0 Å². The van der Waals surface area contributed by atoms with E-state index in [1.54, 1.807) is 21.0 Å². The van der Waals surface area contributed by atoms with Gasteiger partial charge in [0.25, 0.3) is 0 Å². The average molecular weight is 614 g/mol. The van der Waals surface area contributed by atoms with E-state index in [0.29, 0.717) is 12.8 Å². The van der Waals surface area contributed by atoms with Gasteiger partial charge in [-0.3, -0.25) is 9.59 Å². The highest BCUT2D eigenvalue weighted by Crippen LogP contribution is 2.43. The van der Waals surface area contributed by atoms with Crippen molar-refractivity contribution >= 4 is 17.9 Å². The Morgan fingerprint density at radius 2 is 1.60 bits per heavy atom. The van der Waals surface area contributed by atoms with E-state index < -0.39 is 71.8 Å². The van der Waals surface area contributed by atoms with E-state index in [0.717, 1.165) is 0 Å². The van der Waals surface area contributed by atoms with Gasteiger partial charge >= 0.3 is 12.1 Å². The lowest BCUT2D eigenvalue weighted by Gasteiger charge is -2.48. The van der Waals surface area contributed by atoms with Crippen LogP contribution in [-0.4, -0.2) is 103 Å². The van der Waals surface area contributed by atoms with Crippen molar-refractivity contribution in [2.24, 2.45) is 29.6 Å². The van der Waals surface area contributed by atoms with E-state index in [4.69, 9.17) is 28.4 Å². The molecule has 0 aliphatic carbocycles. The van der Waals surface area contributed by atoms with Gasteiger partial charge in [0.1, 0.15) is 18.0 Å². The molecule has 3 fully saturated rings. The Morgan fingerprint density at radius 1 is 0.977 bits per heavy atom. The van der Waals surface area contributed by atoms with Gasteiger partial charge in [0, 0.05) is 19.1 Å². The molecule has 0 saturated carbocycles. The Kier molecular flexibility index (Phi) is 11.4. The SMILES string of the molecule is CCC1OC(=O)C(C)C(C)C(C)C(OC2OC(C)CC(N(C)C)C2O)C(C)(OC)CC(C)C(=O)C(C)C2OC(=O)OC12C. The van der Waals surface area contributed by atoms with Crippen molar-refractivity contribution in [1.29, 1.82) is 0 Å². The molecule has 3 aliphatic rings. The predicted octanol–water partition coefficient (Wildman–Crippen LogP) is 3.97. The minimum Gasteiger partial charge on any atom is -0.458 e. The van der Waals surface area contributed by atoms with Gasteiger partial charge in [-0.05, 0) is 66.0 Å². The molecule has 248 valence electrons. The van der Waals surface area contributed by atoms with Gasteiger partial charge in [-0.15, -0.1) is 0 Å². The summed E-state index contributed by atoms with van der Waals surface area (Å²) in [5.74, 6) is -3.00. The third-order valence-corrected chi connectivity index (χ3v) is 10.6. The number of aliphatic hydroxyl groups excluding tert-OH is 1. The molecule has 0 aromatic carbocycles. The van der Waals surface area contributed by atoms with Crippen LogP contribution in [0.15, 0.2) is 0 Å². The van der Waals surface area contributed by atoms with Gasteiger partial charge < -0.3 is 38.4 Å². The van der Waals surface area contributed by atoms with Gasteiger partial charge in [-0.25, -0.2) is 4.79 Å². The highest BCUT2D eigenvalue weighted by atomic mass is 16.8. The maximum absolute atomic E-state index is 14.0. The van der Waals surface area contributed by atoms with Crippen LogP contribution in [0.5, 0.6) is 0 Å². The fourth-order valence-corrected chi connectivity index (χ4v) is 7.37. The number of likely N-dealkylation sites (N-methyl/N-ethyl adjacent to an activating group) is 1. The van der Waals surface area contributed by atoms with Crippen molar-refractivity contribution in [3.8, 4) is 0 Å². The van der Waals surface area contributed by atoms with Crippen LogP contribution in [0.2, 0.25) is 0 Å². The lowest BCUT2D eigenvalue weighted by molar-refractivity contribution is -0.299. The Labute approximate surface area is 257 Å². The van der Waals surface area contributed by atoms with Crippen molar-refractivity contribution in [3.05, 3.63) is 0 Å². The normalized spacial score (nSPS) is 46.9. The molecule has 3 rings (SSSR count). The molecule has 11 nitrogen and oxygen atoms in total. The van der Waals surface area contributed by atoms with Crippen LogP contribution in [-0.2, 0) is 38.0 Å². The van der Waals surface area contributed by atoms with E-state index in [1.807, 2.05) is 67.5 Å². The predicted molar refractivity (Wildman–Crippen MR) is 158 cm³/mol. The second kappa shape index (κ2) is 13.7. The van der Waals surface area contributed by atoms with E-state index in [2.05, 4.69) is 0 Å². The van der Waals surface area contributed by atoms with Gasteiger partial charge in [-0.2, -0.15) is 0 Å². The largest absolute Gasteiger partial charge is 0.509 e. The number of cyclic esters (lactones) is 1. The number of hydrogen-bond donors (Lipinski definition) is 1. The van der Waals surface area contributed by atoms with Crippen LogP contribution in [0.3, 0.4) is 0 Å². The number of methoxy groups -OCH3 is 1. The van der Waals surface area contributed by atoms with E-state index in [1.165, 1.54) is 0 Å². The fraction of sp³-hybridized carbons (Fsp3) is 0.906. The topological polar surface area (TPSA) is 130 Å². The molecule has 0 spiro atoms. The van der Waals surface area contributed by atoms with Crippen LogP contribution >= 0.6 is 0 Å². The number of ketones is 1. The lowest BCUT2D eigenvalue weighted by atomic mass is 9.72. The molecule has 0 aromatic heterocycles. The number of fused-ring (bicyclic) bond motifs is 1. The summed E-state index contributed by atoms with van der Waals surface area (Å²) in [5.41, 5.74) is -2.36. The molecule has 0 radical (unpaired) electrons. The molecule has 0 aromatic rings. The quantitative estimate of drug-likeness (QED) is 0.452. The average Bonchev–Trinajstić information content (AvgIpc) is 3.27. The van der Waals surface area contributed by atoms with Crippen molar-refractivity contribution < 1.29 is 47.9 Å². The first-order valence-corrected chi connectivity index (χ1v) is 15.8. The minimum absolute atomic E-state index is 0.140. The highest BCUT2D eigenvalue weighted by molar-refractivity contribution is 5.84. The number of esters is 1. The van der Waals surface area contributed by atoms with Gasteiger partial charge in [0.2, 0.25) is 0 Å². The number of ether oxygens (including phenoxy) is 6. The van der Waals surface area contributed by atoms with Crippen molar-refractivity contribution in [3.63, 3.8) is 0 Å². The Balaban J connectivity index is 2.08. The van der Waals surface area contributed by atoms with Crippen LogP contribution < -0.4 is 0 Å². The molecule has 0 bridgehead atoms. The number of hydrogen-bond acceptors (Lipinski definition) is 11. The fourth-order valence-electron chi connectivity index (χ4n) is 7.37. The summed E-state index contributed by atoms with van der Waals surface area (Å²) in [6.07, 6.45) is -4.08. The van der Waals surface area contributed by atoms with E-state index in [-0.39, 0.29) is 36.2 Å². The second-order valence-electron chi connectivity index (χ2n) is 13.9. The summed E-state index contributed by atoms with van der Waals surface area (Å²) in [6, 6.07) is -0.180. The molecule has 3 aliphatic heterocycles. The summed E-state index contributed by atoms with van der Waals surface area (Å²) in [7, 11) is 5.41. The highest BCUT2D eigenvalue weighted by Gasteiger charge is 2.59. The third kappa shape index (κ3) is 7.06. The standard InChI is InChI=1S/C32H55NO10/c1-13-23-32(9)27(42-30(37)43-32)21(7)24(34)16(2)15-31(8,38-12)26(19(5)18(4)20(6)28(36)40-23)41-29-25(35)22(33(10)11)14-17(3)39-29/h16-23,25-27,29,35H,13-15H2,1-12H3. The maximum Gasteiger partial charge on any atom is 0.509 e. The maximum atomic E-state index is 14.0. The first-order chi connectivity index (χ1) is 19.9. The third-order valence-electron chi connectivity index (χ3n) is 10.6. The smallest absolute Gasteiger partial charge is 0.458 e. The van der Waals surface area contributed by atoms with Crippen molar-refractivity contribution in [2.75, 3.05) is 21.2 Å². The molecule has 14 unspecified atom stereocenters. The molecule has 3 saturated heterocycles. The zero-order valence-corrected chi connectivity index (χ0v) is 28.1. The Hall–Kier alpha value is -1.79. The van der Waals surface area contributed by atoms with Crippen LogP contribution in [0.4, 0.5) is 4.79 Å².